The van der Waals surface area contributed by atoms with Crippen molar-refractivity contribution < 1.29 is 0 Å². The maximum atomic E-state index is 11.9. The highest BCUT2D eigenvalue weighted by molar-refractivity contribution is 14.1. The van der Waals surface area contributed by atoms with Gasteiger partial charge in [-0.25, -0.2) is 4.98 Å². The highest BCUT2D eigenvalue weighted by atomic mass is 127. The Morgan fingerprint density at radius 2 is 2.00 bits per heavy atom. The van der Waals surface area contributed by atoms with Crippen molar-refractivity contribution in [1.82, 2.24) is 15.0 Å². The van der Waals surface area contributed by atoms with Gasteiger partial charge in [-0.1, -0.05) is 20.8 Å². The second-order valence-corrected chi connectivity index (χ2v) is 5.84. The van der Waals surface area contributed by atoms with Gasteiger partial charge < -0.3 is 4.98 Å². The Hall–Kier alpha value is -0.980. The summed E-state index contributed by atoms with van der Waals surface area (Å²) >= 11 is 2.14. The molecule has 5 heteroatoms. The van der Waals surface area contributed by atoms with E-state index in [4.69, 9.17) is 0 Å². The lowest BCUT2D eigenvalue weighted by molar-refractivity contribution is 0.546. The second kappa shape index (κ2) is 3.80. The molecule has 0 radical (unpaired) electrons. The minimum atomic E-state index is -0.167. The lowest BCUT2D eigenvalue weighted by Gasteiger charge is -2.17. The number of hydrogen-bond donors (Lipinski definition) is 1. The number of nitrogens with one attached hydrogen (secondary N) is 1. The zero-order valence-electron chi connectivity index (χ0n) is 9.34. The van der Waals surface area contributed by atoms with Crippen LogP contribution in [0.1, 0.15) is 26.6 Å². The molecule has 0 unspecified atom stereocenters. The maximum absolute atomic E-state index is 11.9. The molecule has 0 spiro atoms. The van der Waals surface area contributed by atoms with E-state index in [-0.39, 0.29) is 11.0 Å². The molecule has 1 N–H and O–H groups in total. The van der Waals surface area contributed by atoms with Gasteiger partial charge in [-0.15, -0.1) is 0 Å². The molecule has 2 aromatic rings. The average Bonchev–Trinajstić information content (AvgIpc) is 2.18. The molecule has 4 nitrogen and oxygen atoms in total. The van der Waals surface area contributed by atoms with Crippen molar-refractivity contribution in [2.45, 2.75) is 26.2 Å². The quantitative estimate of drug-likeness (QED) is 0.754. The molecule has 0 saturated heterocycles. The van der Waals surface area contributed by atoms with Crippen LogP contribution >= 0.6 is 22.6 Å². The van der Waals surface area contributed by atoms with Crippen LogP contribution in [0.3, 0.4) is 0 Å². The van der Waals surface area contributed by atoms with Crippen LogP contribution in [-0.4, -0.2) is 15.0 Å². The summed E-state index contributed by atoms with van der Waals surface area (Å²) in [6.07, 6.45) is 3.26. The van der Waals surface area contributed by atoms with E-state index in [1.807, 2.05) is 20.8 Å². The Kier molecular flexibility index (Phi) is 2.73. The third kappa shape index (κ3) is 1.95. The van der Waals surface area contributed by atoms with Gasteiger partial charge in [0.05, 0.1) is 14.5 Å². The van der Waals surface area contributed by atoms with Gasteiger partial charge in [-0.3, -0.25) is 9.78 Å². The molecule has 0 saturated carbocycles. The number of hydrogen-bond acceptors (Lipinski definition) is 3. The van der Waals surface area contributed by atoms with Crippen molar-refractivity contribution in [3.05, 3.63) is 32.1 Å². The van der Waals surface area contributed by atoms with Crippen molar-refractivity contribution >= 4 is 33.5 Å². The van der Waals surface area contributed by atoms with Gasteiger partial charge >= 0.3 is 0 Å². The summed E-state index contributed by atoms with van der Waals surface area (Å²) in [6, 6.07) is 0. The van der Waals surface area contributed by atoms with E-state index in [2.05, 4.69) is 37.5 Å². The summed E-state index contributed by atoms with van der Waals surface area (Å²) in [4.78, 5) is 23.2. The summed E-state index contributed by atoms with van der Waals surface area (Å²) < 4.78 is 0.895. The fourth-order valence-electron chi connectivity index (χ4n) is 1.38. The van der Waals surface area contributed by atoms with Crippen LogP contribution in [0.15, 0.2) is 17.2 Å². The van der Waals surface area contributed by atoms with Crippen LogP contribution in [0.4, 0.5) is 0 Å². The largest absolute Gasteiger partial charge is 0.310 e. The molecule has 0 aromatic carbocycles. The minimum absolute atomic E-state index is 0.124. The van der Waals surface area contributed by atoms with Crippen LogP contribution in [-0.2, 0) is 5.41 Å². The number of fused-ring (bicyclic) bond motifs is 1. The SMILES string of the molecule is CC(C)(C)c1nc2c(I)cncc2c(=O)[nH]1. The summed E-state index contributed by atoms with van der Waals surface area (Å²) in [5.41, 5.74) is 0.435. The smallest absolute Gasteiger partial charge is 0.260 e. The van der Waals surface area contributed by atoms with E-state index < -0.39 is 0 Å². The first-order chi connectivity index (χ1) is 7.39. The highest BCUT2D eigenvalue weighted by Crippen LogP contribution is 2.20. The molecule has 2 heterocycles. The van der Waals surface area contributed by atoms with Gasteiger partial charge in [0.25, 0.3) is 5.56 Å². The normalized spacial score (nSPS) is 12.0. The Morgan fingerprint density at radius 3 is 2.62 bits per heavy atom. The van der Waals surface area contributed by atoms with Crippen molar-refractivity contribution in [2.24, 2.45) is 0 Å². The standard InChI is InChI=1S/C11H12IN3O/c1-11(2,3)10-14-8-6(9(16)15-10)4-13-5-7(8)12/h4-5H,1-3H3,(H,14,15,16). The lowest BCUT2D eigenvalue weighted by atomic mass is 9.95. The van der Waals surface area contributed by atoms with Gasteiger partial charge in [0, 0.05) is 17.8 Å². The second-order valence-electron chi connectivity index (χ2n) is 4.68. The molecule has 0 atom stereocenters. The number of H-pyrrole nitrogens is 1. The summed E-state index contributed by atoms with van der Waals surface area (Å²) in [6.45, 7) is 6.06. The molecule has 0 fully saturated rings. The monoisotopic (exact) mass is 329 g/mol. The van der Waals surface area contributed by atoms with E-state index in [1.165, 1.54) is 0 Å². The number of rotatable bonds is 0. The molecule has 0 aliphatic rings. The topological polar surface area (TPSA) is 58.6 Å². The fourth-order valence-corrected chi connectivity index (χ4v) is 1.95. The first-order valence-corrected chi connectivity index (χ1v) is 6.01. The van der Waals surface area contributed by atoms with Crippen LogP contribution in [0.25, 0.3) is 10.9 Å². The summed E-state index contributed by atoms with van der Waals surface area (Å²) in [7, 11) is 0. The van der Waals surface area contributed by atoms with Crippen molar-refractivity contribution in [2.75, 3.05) is 0 Å². The van der Waals surface area contributed by atoms with Gasteiger partial charge in [-0.05, 0) is 22.6 Å². The first kappa shape index (κ1) is 11.5. The Morgan fingerprint density at radius 1 is 1.31 bits per heavy atom. The molecule has 0 aliphatic heterocycles. The van der Waals surface area contributed by atoms with Gasteiger partial charge in [-0.2, -0.15) is 0 Å². The van der Waals surface area contributed by atoms with E-state index in [9.17, 15) is 4.79 Å². The van der Waals surface area contributed by atoms with E-state index in [1.54, 1.807) is 12.4 Å². The summed E-state index contributed by atoms with van der Waals surface area (Å²) in [5.74, 6) is 0.703. The zero-order chi connectivity index (χ0) is 11.9. The fraction of sp³-hybridized carbons (Fsp3) is 0.364. The van der Waals surface area contributed by atoms with Crippen LogP contribution in [0, 0.1) is 3.57 Å². The Labute approximate surface area is 107 Å². The zero-order valence-corrected chi connectivity index (χ0v) is 11.5. The molecular formula is C11H12IN3O. The molecule has 0 amide bonds. The third-order valence-corrected chi connectivity index (χ3v) is 3.07. The van der Waals surface area contributed by atoms with Crippen molar-refractivity contribution in [1.29, 1.82) is 0 Å². The number of pyridine rings is 1. The molecular weight excluding hydrogens is 317 g/mol. The maximum Gasteiger partial charge on any atom is 0.260 e. The van der Waals surface area contributed by atoms with E-state index in [0.717, 1.165) is 9.09 Å². The number of nitrogens with zero attached hydrogens (tertiary/aromatic N) is 2. The molecule has 84 valence electrons. The van der Waals surface area contributed by atoms with Crippen LogP contribution in [0.2, 0.25) is 0 Å². The highest BCUT2D eigenvalue weighted by Gasteiger charge is 2.18. The molecule has 0 bridgehead atoms. The van der Waals surface area contributed by atoms with Gasteiger partial charge in [0.15, 0.2) is 0 Å². The lowest BCUT2D eigenvalue weighted by Crippen LogP contribution is -2.22. The summed E-state index contributed by atoms with van der Waals surface area (Å²) in [5, 5.41) is 0.542. The molecule has 16 heavy (non-hydrogen) atoms. The van der Waals surface area contributed by atoms with E-state index >= 15 is 0 Å². The first-order valence-electron chi connectivity index (χ1n) is 4.93. The Balaban J connectivity index is 2.86. The molecule has 0 aliphatic carbocycles. The molecule has 2 rings (SSSR count). The van der Waals surface area contributed by atoms with Crippen LogP contribution in [0.5, 0.6) is 0 Å². The predicted molar refractivity (Wildman–Crippen MR) is 71.6 cm³/mol. The predicted octanol–water partition coefficient (Wildman–Crippen LogP) is 2.22. The van der Waals surface area contributed by atoms with Crippen molar-refractivity contribution in [3.8, 4) is 0 Å². The van der Waals surface area contributed by atoms with Crippen LogP contribution < -0.4 is 5.56 Å². The minimum Gasteiger partial charge on any atom is -0.310 e. The number of aromatic amines is 1. The van der Waals surface area contributed by atoms with Gasteiger partial charge in [0.1, 0.15) is 5.82 Å². The van der Waals surface area contributed by atoms with Gasteiger partial charge in [0.2, 0.25) is 0 Å². The van der Waals surface area contributed by atoms with E-state index in [0.29, 0.717) is 11.2 Å². The number of halogens is 1. The average molecular weight is 329 g/mol. The molecule has 2 aromatic heterocycles. The van der Waals surface area contributed by atoms with Crippen molar-refractivity contribution in [3.63, 3.8) is 0 Å². The third-order valence-electron chi connectivity index (χ3n) is 2.28. The number of aromatic nitrogens is 3. The Bertz CT molecular complexity index is 598.